The smallest absolute Gasteiger partial charge is 0.234 e. The number of benzene rings is 1. The second-order valence-corrected chi connectivity index (χ2v) is 7.35. The number of aromatic nitrogens is 5. The summed E-state index contributed by atoms with van der Waals surface area (Å²) in [7, 11) is 0. The summed E-state index contributed by atoms with van der Waals surface area (Å²) < 4.78 is 7.36. The van der Waals surface area contributed by atoms with E-state index in [1.165, 1.54) is 11.8 Å². The van der Waals surface area contributed by atoms with Crippen LogP contribution in [0.2, 0.25) is 0 Å². The number of aryl methyl sites for hydroxylation is 1. The molecular weight excluding hydrogens is 400 g/mol. The quantitative estimate of drug-likeness (QED) is 0.434. The maximum atomic E-state index is 12.5. The lowest BCUT2D eigenvalue weighted by Crippen LogP contribution is -2.16. The Hall–Kier alpha value is -3.46. The number of carbonyl (C=O) groups excluding carboxylic acids is 1. The van der Waals surface area contributed by atoms with Crippen LogP contribution in [-0.2, 0) is 17.8 Å². The summed E-state index contributed by atoms with van der Waals surface area (Å²) in [5.41, 5.74) is 2.54. The molecule has 0 saturated heterocycles. The lowest BCUT2D eigenvalue weighted by molar-refractivity contribution is -0.113. The highest BCUT2D eigenvalue weighted by Crippen LogP contribution is 2.24. The minimum atomic E-state index is -0.102. The van der Waals surface area contributed by atoms with Gasteiger partial charge in [0.1, 0.15) is 11.5 Å². The fourth-order valence-corrected chi connectivity index (χ4v) is 3.71. The predicted octanol–water partition coefficient (Wildman–Crippen LogP) is 3.67. The Labute approximate surface area is 177 Å². The van der Waals surface area contributed by atoms with Crippen LogP contribution in [0.25, 0.3) is 11.5 Å². The van der Waals surface area contributed by atoms with Gasteiger partial charge in [0, 0.05) is 18.1 Å². The van der Waals surface area contributed by atoms with E-state index >= 15 is 0 Å². The molecule has 0 radical (unpaired) electrons. The molecule has 0 aliphatic heterocycles. The Balaban J connectivity index is 1.52. The predicted molar refractivity (Wildman–Crippen MR) is 114 cm³/mol. The molecule has 9 heteroatoms. The largest absolute Gasteiger partial charge is 0.467 e. The van der Waals surface area contributed by atoms with E-state index in [9.17, 15) is 4.79 Å². The Morgan fingerprint density at radius 1 is 1.17 bits per heavy atom. The topological polar surface area (TPSA) is 98.7 Å². The summed E-state index contributed by atoms with van der Waals surface area (Å²) in [5.74, 6) is 1.42. The van der Waals surface area contributed by atoms with Gasteiger partial charge in [-0.2, -0.15) is 0 Å². The molecular formula is C21H20N6O2S. The van der Waals surface area contributed by atoms with Gasteiger partial charge in [0.05, 0.1) is 24.8 Å². The summed E-state index contributed by atoms with van der Waals surface area (Å²) in [6, 6.07) is 11.5. The van der Waals surface area contributed by atoms with Crippen LogP contribution in [0.3, 0.4) is 0 Å². The number of carbonyl (C=O) groups is 1. The van der Waals surface area contributed by atoms with Crippen molar-refractivity contribution in [3.05, 3.63) is 72.6 Å². The third-order valence-electron chi connectivity index (χ3n) is 4.41. The number of nitrogens with zero attached hydrogens (tertiary/aromatic N) is 5. The van der Waals surface area contributed by atoms with Gasteiger partial charge in [-0.05, 0) is 30.2 Å². The van der Waals surface area contributed by atoms with Crippen molar-refractivity contribution in [3.8, 4) is 11.5 Å². The summed E-state index contributed by atoms with van der Waals surface area (Å²) in [6.45, 7) is 2.49. The van der Waals surface area contributed by atoms with Crippen LogP contribution in [0.15, 0.2) is 70.8 Å². The standard InChI is InChI=1S/C21H20N6O2S/c1-2-15-6-3-4-8-17(15)24-19(28)14-30-21-26-25-20(18-12-22-9-10-23-18)27(21)13-16-7-5-11-29-16/h3-12H,2,13-14H2,1H3,(H,24,28). The minimum Gasteiger partial charge on any atom is -0.467 e. The zero-order chi connectivity index (χ0) is 20.8. The van der Waals surface area contributed by atoms with E-state index in [0.717, 1.165) is 23.4 Å². The van der Waals surface area contributed by atoms with Gasteiger partial charge in [0.25, 0.3) is 0 Å². The molecule has 30 heavy (non-hydrogen) atoms. The molecule has 0 saturated carbocycles. The van der Waals surface area contributed by atoms with Gasteiger partial charge in [-0.25, -0.2) is 4.98 Å². The van der Waals surface area contributed by atoms with Crippen LogP contribution in [0.5, 0.6) is 0 Å². The lowest BCUT2D eigenvalue weighted by Gasteiger charge is -2.10. The third-order valence-corrected chi connectivity index (χ3v) is 5.37. The molecule has 0 aliphatic rings. The van der Waals surface area contributed by atoms with E-state index < -0.39 is 0 Å². The fourth-order valence-electron chi connectivity index (χ4n) is 2.97. The van der Waals surface area contributed by atoms with Crippen molar-refractivity contribution in [1.82, 2.24) is 24.7 Å². The molecule has 0 aliphatic carbocycles. The highest BCUT2D eigenvalue weighted by molar-refractivity contribution is 7.99. The monoisotopic (exact) mass is 420 g/mol. The van der Waals surface area contributed by atoms with Crippen molar-refractivity contribution in [2.75, 3.05) is 11.1 Å². The molecule has 1 aromatic carbocycles. The summed E-state index contributed by atoms with van der Waals surface area (Å²) in [6.07, 6.45) is 7.30. The zero-order valence-electron chi connectivity index (χ0n) is 16.4. The molecule has 0 atom stereocenters. The highest BCUT2D eigenvalue weighted by atomic mass is 32.2. The number of furan rings is 1. The first-order valence-electron chi connectivity index (χ1n) is 9.47. The molecule has 0 spiro atoms. The highest BCUT2D eigenvalue weighted by Gasteiger charge is 2.18. The van der Waals surface area contributed by atoms with E-state index in [0.29, 0.717) is 23.2 Å². The molecule has 3 heterocycles. The molecule has 0 fully saturated rings. The first kappa shape index (κ1) is 19.8. The van der Waals surface area contributed by atoms with Gasteiger partial charge in [-0.15, -0.1) is 10.2 Å². The Morgan fingerprint density at radius 3 is 2.83 bits per heavy atom. The van der Waals surface area contributed by atoms with E-state index in [1.54, 1.807) is 24.9 Å². The number of nitrogens with one attached hydrogen (secondary N) is 1. The fraction of sp³-hybridized carbons (Fsp3) is 0.190. The maximum Gasteiger partial charge on any atom is 0.234 e. The van der Waals surface area contributed by atoms with Crippen molar-refractivity contribution >= 4 is 23.4 Å². The summed E-state index contributed by atoms with van der Waals surface area (Å²) in [5, 5.41) is 12.1. The normalized spacial score (nSPS) is 10.8. The SMILES string of the molecule is CCc1ccccc1NC(=O)CSc1nnc(-c2cnccn2)n1Cc1ccco1. The van der Waals surface area contributed by atoms with Crippen LogP contribution >= 0.6 is 11.8 Å². The summed E-state index contributed by atoms with van der Waals surface area (Å²) >= 11 is 1.31. The number of hydrogen-bond donors (Lipinski definition) is 1. The molecule has 152 valence electrons. The van der Waals surface area contributed by atoms with Crippen LogP contribution in [0.4, 0.5) is 5.69 Å². The van der Waals surface area contributed by atoms with E-state index in [2.05, 4.69) is 32.4 Å². The van der Waals surface area contributed by atoms with E-state index in [4.69, 9.17) is 4.42 Å². The van der Waals surface area contributed by atoms with E-state index in [-0.39, 0.29) is 11.7 Å². The molecule has 3 aromatic heterocycles. The molecule has 1 amide bonds. The molecule has 4 rings (SSSR count). The van der Waals surface area contributed by atoms with Crippen LogP contribution in [-0.4, -0.2) is 36.4 Å². The first-order valence-corrected chi connectivity index (χ1v) is 10.5. The molecule has 8 nitrogen and oxygen atoms in total. The van der Waals surface area contributed by atoms with Crippen molar-refractivity contribution in [2.45, 2.75) is 25.0 Å². The lowest BCUT2D eigenvalue weighted by atomic mass is 10.1. The van der Waals surface area contributed by atoms with Gasteiger partial charge in [0.2, 0.25) is 5.91 Å². The second-order valence-electron chi connectivity index (χ2n) is 6.41. The van der Waals surface area contributed by atoms with Crippen molar-refractivity contribution in [3.63, 3.8) is 0 Å². The zero-order valence-corrected chi connectivity index (χ0v) is 17.2. The van der Waals surface area contributed by atoms with Crippen LogP contribution < -0.4 is 5.32 Å². The maximum absolute atomic E-state index is 12.5. The van der Waals surface area contributed by atoms with E-state index in [1.807, 2.05) is 41.0 Å². The number of para-hydroxylation sites is 1. The van der Waals surface area contributed by atoms with Gasteiger partial charge in [-0.3, -0.25) is 14.3 Å². The average molecular weight is 420 g/mol. The second kappa shape index (κ2) is 9.36. The minimum absolute atomic E-state index is 0.102. The van der Waals surface area contributed by atoms with Gasteiger partial charge >= 0.3 is 0 Å². The van der Waals surface area contributed by atoms with Gasteiger partial charge in [-0.1, -0.05) is 36.9 Å². The van der Waals surface area contributed by atoms with Crippen molar-refractivity contribution in [2.24, 2.45) is 0 Å². The van der Waals surface area contributed by atoms with Crippen molar-refractivity contribution in [1.29, 1.82) is 0 Å². The average Bonchev–Trinajstić information content (AvgIpc) is 3.44. The van der Waals surface area contributed by atoms with Crippen molar-refractivity contribution < 1.29 is 9.21 Å². The third kappa shape index (κ3) is 4.57. The summed E-state index contributed by atoms with van der Waals surface area (Å²) in [4.78, 5) is 21.0. The number of hydrogen-bond acceptors (Lipinski definition) is 7. The number of rotatable bonds is 8. The molecule has 1 N–H and O–H groups in total. The first-order chi connectivity index (χ1) is 14.7. The Bertz CT molecular complexity index is 1110. The Kier molecular flexibility index (Phi) is 6.19. The molecule has 0 unspecified atom stereocenters. The number of anilines is 1. The number of amides is 1. The van der Waals surface area contributed by atoms with Gasteiger partial charge < -0.3 is 9.73 Å². The molecule has 0 bridgehead atoms. The molecule has 4 aromatic rings. The van der Waals surface area contributed by atoms with Crippen LogP contribution in [0, 0.1) is 0 Å². The van der Waals surface area contributed by atoms with Gasteiger partial charge in [0.15, 0.2) is 11.0 Å². The Morgan fingerprint density at radius 2 is 2.07 bits per heavy atom. The van der Waals surface area contributed by atoms with Crippen LogP contribution in [0.1, 0.15) is 18.2 Å². The number of thioether (sulfide) groups is 1.